The Bertz CT molecular complexity index is 1300. The van der Waals surface area contributed by atoms with E-state index in [4.69, 9.17) is 9.26 Å². The van der Waals surface area contributed by atoms with Gasteiger partial charge in [0.1, 0.15) is 11.5 Å². The summed E-state index contributed by atoms with van der Waals surface area (Å²) in [6, 6.07) is 9.95. The number of fused-ring (bicyclic) bond motifs is 1. The van der Waals surface area contributed by atoms with Gasteiger partial charge in [0.2, 0.25) is 0 Å². The number of aromatic nitrogens is 3. The van der Waals surface area contributed by atoms with Crippen LogP contribution in [0.1, 0.15) is 48.0 Å². The monoisotopic (exact) mass is 417 g/mol. The van der Waals surface area contributed by atoms with Crippen LogP contribution in [-0.4, -0.2) is 21.8 Å². The number of aryl methyl sites for hydroxylation is 3. The summed E-state index contributed by atoms with van der Waals surface area (Å²) in [5, 5.41) is 5.03. The average molecular weight is 418 g/mol. The predicted octanol–water partition coefficient (Wildman–Crippen LogP) is 5.16. The van der Waals surface area contributed by atoms with Gasteiger partial charge in [-0.1, -0.05) is 25.1 Å². The number of rotatable bonds is 5. The van der Waals surface area contributed by atoms with E-state index in [1.54, 1.807) is 11.7 Å². The van der Waals surface area contributed by atoms with Crippen molar-refractivity contribution in [2.24, 2.45) is 0 Å². The summed E-state index contributed by atoms with van der Waals surface area (Å²) in [6.45, 7) is 10.3. The fourth-order valence-corrected chi connectivity index (χ4v) is 3.97. The van der Waals surface area contributed by atoms with Gasteiger partial charge in [-0.2, -0.15) is 0 Å². The molecule has 0 fully saturated rings. The average Bonchev–Trinajstić information content (AvgIpc) is 3.08. The lowest BCUT2D eigenvalue weighted by molar-refractivity contribution is 0.393. The Kier molecular flexibility index (Phi) is 5.39. The molecule has 0 bridgehead atoms. The second-order valence-electron chi connectivity index (χ2n) is 8.27. The molecule has 0 unspecified atom stereocenters. The summed E-state index contributed by atoms with van der Waals surface area (Å²) < 4.78 is 12.8. The van der Waals surface area contributed by atoms with Gasteiger partial charge in [-0.3, -0.25) is 9.78 Å². The molecule has 0 atom stereocenters. The van der Waals surface area contributed by atoms with Crippen molar-refractivity contribution in [3.05, 3.63) is 75.2 Å². The van der Waals surface area contributed by atoms with E-state index in [9.17, 15) is 4.79 Å². The third-order valence-electron chi connectivity index (χ3n) is 5.73. The zero-order chi connectivity index (χ0) is 22.3. The topological polar surface area (TPSA) is 70.2 Å². The fourth-order valence-electron chi connectivity index (χ4n) is 3.97. The van der Waals surface area contributed by atoms with Crippen LogP contribution in [0.5, 0.6) is 5.75 Å². The molecule has 0 aliphatic carbocycles. The van der Waals surface area contributed by atoms with Gasteiger partial charge in [0.05, 0.1) is 36.1 Å². The minimum absolute atomic E-state index is 0.0330. The van der Waals surface area contributed by atoms with Gasteiger partial charge in [0, 0.05) is 23.4 Å². The van der Waals surface area contributed by atoms with Gasteiger partial charge in [0.15, 0.2) is 0 Å². The van der Waals surface area contributed by atoms with Crippen molar-refractivity contribution in [3.8, 4) is 16.9 Å². The van der Waals surface area contributed by atoms with Crippen molar-refractivity contribution >= 4 is 10.9 Å². The predicted molar refractivity (Wildman–Crippen MR) is 122 cm³/mol. The maximum atomic E-state index is 13.1. The number of hydrogen-bond donors (Lipinski definition) is 0. The van der Waals surface area contributed by atoms with E-state index in [1.807, 2.05) is 51.2 Å². The Balaban J connectivity index is 1.90. The van der Waals surface area contributed by atoms with Crippen molar-refractivity contribution in [1.82, 2.24) is 14.7 Å². The van der Waals surface area contributed by atoms with Crippen molar-refractivity contribution in [2.45, 2.75) is 47.1 Å². The summed E-state index contributed by atoms with van der Waals surface area (Å²) >= 11 is 0. The first-order chi connectivity index (χ1) is 14.8. The molecule has 6 nitrogen and oxygen atoms in total. The molecule has 6 heteroatoms. The number of benzene rings is 1. The molecule has 0 amide bonds. The first-order valence-corrected chi connectivity index (χ1v) is 10.4. The fraction of sp³-hybridized carbons (Fsp3) is 0.320. The Morgan fingerprint density at radius 1 is 1.13 bits per heavy atom. The summed E-state index contributed by atoms with van der Waals surface area (Å²) in [4.78, 5) is 17.6. The Morgan fingerprint density at radius 3 is 2.48 bits per heavy atom. The molecule has 0 saturated carbocycles. The highest BCUT2D eigenvalue weighted by atomic mass is 16.5. The van der Waals surface area contributed by atoms with Crippen LogP contribution < -0.4 is 10.3 Å². The van der Waals surface area contributed by atoms with E-state index in [-0.39, 0.29) is 5.56 Å². The second kappa shape index (κ2) is 8.02. The Morgan fingerprint density at radius 2 is 1.90 bits per heavy atom. The standard InChI is InChI=1S/C25H27N3O3/c1-14(2)18-7-8-20(26-12-18)13-28-22-11-23(30-6)21(24-16(4)27-31-17(24)5)10-19(22)9-15(3)25(28)29/h7-12,14H,13H2,1-6H3. The molecule has 0 N–H and O–H groups in total. The van der Waals surface area contributed by atoms with E-state index in [1.165, 1.54) is 5.56 Å². The highest BCUT2D eigenvalue weighted by Gasteiger charge is 2.19. The third-order valence-corrected chi connectivity index (χ3v) is 5.73. The SMILES string of the molecule is COc1cc2c(cc1-c1c(C)noc1C)cc(C)c(=O)n2Cc1ccc(C(C)C)cn1. The first-order valence-electron chi connectivity index (χ1n) is 10.4. The molecular formula is C25H27N3O3. The van der Waals surface area contributed by atoms with Crippen LogP contribution in [0.3, 0.4) is 0 Å². The largest absolute Gasteiger partial charge is 0.496 e. The van der Waals surface area contributed by atoms with E-state index in [2.05, 4.69) is 30.1 Å². The normalized spacial score (nSPS) is 11.5. The molecule has 3 heterocycles. The van der Waals surface area contributed by atoms with Crippen molar-refractivity contribution in [3.63, 3.8) is 0 Å². The van der Waals surface area contributed by atoms with Gasteiger partial charge in [-0.25, -0.2) is 0 Å². The van der Waals surface area contributed by atoms with Gasteiger partial charge in [0.25, 0.3) is 5.56 Å². The minimum atomic E-state index is -0.0330. The lowest BCUT2D eigenvalue weighted by Gasteiger charge is -2.16. The number of nitrogens with zero attached hydrogens (tertiary/aromatic N) is 3. The van der Waals surface area contributed by atoms with Crippen LogP contribution >= 0.6 is 0 Å². The molecule has 3 aromatic heterocycles. The van der Waals surface area contributed by atoms with Crippen molar-refractivity contribution in [2.75, 3.05) is 7.11 Å². The highest BCUT2D eigenvalue weighted by molar-refractivity contribution is 5.90. The van der Waals surface area contributed by atoms with Crippen LogP contribution in [-0.2, 0) is 6.54 Å². The van der Waals surface area contributed by atoms with Crippen molar-refractivity contribution < 1.29 is 9.26 Å². The van der Waals surface area contributed by atoms with E-state index >= 15 is 0 Å². The molecule has 0 aliphatic rings. The number of hydrogen-bond acceptors (Lipinski definition) is 5. The van der Waals surface area contributed by atoms with Gasteiger partial charge in [-0.15, -0.1) is 0 Å². The van der Waals surface area contributed by atoms with Crippen LogP contribution in [0, 0.1) is 20.8 Å². The molecule has 4 rings (SSSR count). The maximum absolute atomic E-state index is 13.1. The summed E-state index contributed by atoms with van der Waals surface area (Å²) in [5.74, 6) is 1.81. The molecular weight excluding hydrogens is 390 g/mol. The van der Waals surface area contributed by atoms with E-state index < -0.39 is 0 Å². The highest BCUT2D eigenvalue weighted by Crippen LogP contribution is 2.37. The van der Waals surface area contributed by atoms with Crippen molar-refractivity contribution in [1.29, 1.82) is 0 Å². The molecule has 0 aliphatic heterocycles. The van der Waals surface area contributed by atoms with E-state index in [0.717, 1.165) is 39.2 Å². The molecule has 4 aromatic rings. The van der Waals surface area contributed by atoms with Crippen LogP contribution in [0.4, 0.5) is 0 Å². The quantitative estimate of drug-likeness (QED) is 0.449. The lowest BCUT2D eigenvalue weighted by atomic mass is 9.99. The zero-order valence-electron chi connectivity index (χ0n) is 18.8. The second-order valence-corrected chi connectivity index (χ2v) is 8.27. The van der Waals surface area contributed by atoms with Gasteiger partial charge < -0.3 is 13.8 Å². The van der Waals surface area contributed by atoms with Gasteiger partial charge in [-0.05, 0) is 55.8 Å². The molecule has 0 radical (unpaired) electrons. The zero-order valence-corrected chi connectivity index (χ0v) is 18.8. The first kappa shape index (κ1) is 20.8. The maximum Gasteiger partial charge on any atom is 0.254 e. The Hall–Kier alpha value is -3.41. The van der Waals surface area contributed by atoms with E-state index in [0.29, 0.717) is 23.8 Å². The molecule has 0 spiro atoms. The number of ether oxygens (including phenoxy) is 1. The summed E-state index contributed by atoms with van der Waals surface area (Å²) in [5.41, 5.74) is 6.08. The molecule has 160 valence electrons. The summed E-state index contributed by atoms with van der Waals surface area (Å²) in [7, 11) is 1.63. The lowest BCUT2D eigenvalue weighted by Crippen LogP contribution is -2.23. The number of methoxy groups -OCH3 is 1. The summed E-state index contributed by atoms with van der Waals surface area (Å²) in [6.07, 6.45) is 1.89. The van der Waals surface area contributed by atoms with Crippen LogP contribution in [0.15, 0.2) is 45.8 Å². The number of pyridine rings is 2. The minimum Gasteiger partial charge on any atom is -0.496 e. The van der Waals surface area contributed by atoms with Gasteiger partial charge >= 0.3 is 0 Å². The molecule has 0 saturated heterocycles. The molecule has 31 heavy (non-hydrogen) atoms. The Labute approximate surface area is 181 Å². The van der Waals surface area contributed by atoms with Crippen LogP contribution in [0.25, 0.3) is 22.0 Å². The molecule has 1 aromatic carbocycles. The smallest absolute Gasteiger partial charge is 0.254 e. The third kappa shape index (κ3) is 3.74. The van der Waals surface area contributed by atoms with Crippen LogP contribution in [0.2, 0.25) is 0 Å².